The van der Waals surface area contributed by atoms with Crippen molar-refractivity contribution in [1.29, 1.82) is 0 Å². The summed E-state index contributed by atoms with van der Waals surface area (Å²) in [4.78, 5) is 0. The van der Waals surface area contributed by atoms with Gasteiger partial charge in [0.05, 0.1) is 0 Å². The average molecular weight is 122 g/mol. The smallest absolute Gasteiger partial charge is 0.183 e. The molecule has 0 amide bonds. The van der Waals surface area contributed by atoms with Gasteiger partial charge in [0, 0.05) is 7.11 Å². The topological polar surface area (TPSA) is 40.7 Å². The SMILES string of the molecule is CO[Si](C)(C)C.O. The van der Waals surface area contributed by atoms with Crippen molar-refractivity contribution in [3.63, 3.8) is 0 Å². The molecule has 0 heterocycles. The number of hydrogen-bond acceptors (Lipinski definition) is 1. The highest BCUT2D eigenvalue weighted by Gasteiger charge is 2.09. The van der Waals surface area contributed by atoms with Gasteiger partial charge in [0.25, 0.3) is 0 Å². The van der Waals surface area contributed by atoms with Crippen LogP contribution in [-0.2, 0) is 4.43 Å². The molecule has 0 radical (unpaired) electrons. The third kappa shape index (κ3) is 10.7. The first-order valence-electron chi connectivity index (χ1n) is 2.11. The quantitative estimate of drug-likeness (QED) is 0.471. The second-order valence-electron chi connectivity index (χ2n) is 2.32. The molecule has 2 nitrogen and oxygen atoms in total. The normalized spacial score (nSPS) is 10.3. The van der Waals surface area contributed by atoms with Gasteiger partial charge in [-0.2, -0.15) is 0 Å². The zero-order valence-electron chi connectivity index (χ0n) is 5.41. The third-order valence-electron chi connectivity index (χ3n) is 0.612. The van der Waals surface area contributed by atoms with E-state index in [0.717, 1.165) is 0 Å². The Morgan fingerprint density at radius 2 is 1.29 bits per heavy atom. The van der Waals surface area contributed by atoms with Crippen LogP contribution in [0.2, 0.25) is 19.6 Å². The van der Waals surface area contributed by atoms with Gasteiger partial charge in [-0.05, 0) is 19.6 Å². The fourth-order valence-corrected chi connectivity index (χ4v) is 0. The standard InChI is InChI=1S/C4H12OSi.H2O/c1-5-6(2,3)4;/h1-4H3;1H2. The monoisotopic (exact) mass is 122 g/mol. The van der Waals surface area contributed by atoms with Gasteiger partial charge in [0.1, 0.15) is 0 Å². The van der Waals surface area contributed by atoms with Crippen molar-refractivity contribution in [1.82, 2.24) is 0 Å². The van der Waals surface area contributed by atoms with Crippen molar-refractivity contribution >= 4 is 8.32 Å². The second-order valence-corrected chi connectivity index (χ2v) is 6.95. The van der Waals surface area contributed by atoms with Gasteiger partial charge in [0.2, 0.25) is 0 Å². The molecule has 2 N–H and O–H groups in total. The maximum absolute atomic E-state index is 5.08. The van der Waals surface area contributed by atoms with Crippen LogP contribution >= 0.6 is 0 Å². The molecule has 0 aromatic heterocycles. The maximum Gasteiger partial charge on any atom is 0.183 e. The summed E-state index contributed by atoms with van der Waals surface area (Å²) < 4.78 is 5.08. The number of hydrogen-bond donors (Lipinski definition) is 0. The van der Waals surface area contributed by atoms with Gasteiger partial charge in [0.15, 0.2) is 8.32 Å². The molecular formula is C4H14O2Si. The van der Waals surface area contributed by atoms with Gasteiger partial charge < -0.3 is 9.90 Å². The number of rotatable bonds is 1. The second kappa shape index (κ2) is 3.18. The lowest BCUT2D eigenvalue weighted by Crippen LogP contribution is -2.22. The Balaban J connectivity index is 0. The molecule has 0 aliphatic heterocycles. The molecule has 0 rings (SSSR count). The minimum atomic E-state index is -1.13. The van der Waals surface area contributed by atoms with Crippen molar-refractivity contribution < 1.29 is 9.90 Å². The molecule has 0 atom stereocenters. The first-order valence-corrected chi connectivity index (χ1v) is 5.52. The van der Waals surface area contributed by atoms with Crippen LogP contribution < -0.4 is 0 Å². The molecule has 3 heteroatoms. The van der Waals surface area contributed by atoms with E-state index >= 15 is 0 Å². The molecule has 0 bridgehead atoms. The lowest BCUT2D eigenvalue weighted by Gasteiger charge is -2.10. The van der Waals surface area contributed by atoms with Crippen LogP contribution in [0.5, 0.6) is 0 Å². The molecule has 0 aromatic carbocycles. The van der Waals surface area contributed by atoms with E-state index in [-0.39, 0.29) is 5.48 Å². The average Bonchev–Trinajstić information content (AvgIpc) is 1.35. The van der Waals surface area contributed by atoms with Crippen molar-refractivity contribution in [3.05, 3.63) is 0 Å². The summed E-state index contributed by atoms with van der Waals surface area (Å²) in [6, 6.07) is 0. The molecule has 0 saturated heterocycles. The third-order valence-corrected chi connectivity index (χ3v) is 1.84. The predicted molar refractivity (Wildman–Crippen MR) is 34.0 cm³/mol. The summed E-state index contributed by atoms with van der Waals surface area (Å²) in [7, 11) is 0.639. The summed E-state index contributed by atoms with van der Waals surface area (Å²) in [6.07, 6.45) is 0. The predicted octanol–water partition coefficient (Wildman–Crippen LogP) is 0.643. The molecule has 0 spiro atoms. The zero-order chi connectivity index (χ0) is 5.21. The minimum absolute atomic E-state index is 0. The zero-order valence-corrected chi connectivity index (χ0v) is 6.41. The van der Waals surface area contributed by atoms with Gasteiger partial charge in [-0.3, -0.25) is 0 Å². The summed E-state index contributed by atoms with van der Waals surface area (Å²) in [5.74, 6) is 0. The van der Waals surface area contributed by atoms with Crippen molar-refractivity contribution in [2.45, 2.75) is 19.6 Å². The van der Waals surface area contributed by atoms with E-state index in [1.54, 1.807) is 7.11 Å². The van der Waals surface area contributed by atoms with Crippen LogP contribution in [0.1, 0.15) is 0 Å². The molecule has 46 valence electrons. The van der Waals surface area contributed by atoms with Crippen LogP contribution in [0, 0.1) is 0 Å². The van der Waals surface area contributed by atoms with Crippen molar-refractivity contribution in [2.75, 3.05) is 7.11 Å². The van der Waals surface area contributed by atoms with E-state index in [1.807, 2.05) is 0 Å². The summed E-state index contributed by atoms with van der Waals surface area (Å²) in [6.45, 7) is 6.48. The van der Waals surface area contributed by atoms with Crippen LogP contribution in [0.4, 0.5) is 0 Å². The Labute approximate surface area is 45.9 Å². The first-order chi connectivity index (χ1) is 2.56. The fourth-order valence-electron chi connectivity index (χ4n) is 0. The van der Waals surface area contributed by atoms with Crippen LogP contribution in [0.25, 0.3) is 0 Å². The summed E-state index contributed by atoms with van der Waals surface area (Å²) >= 11 is 0. The van der Waals surface area contributed by atoms with Gasteiger partial charge in [-0.25, -0.2) is 0 Å². The lowest BCUT2D eigenvalue weighted by molar-refractivity contribution is 0.411. The summed E-state index contributed by atoms with van der Waals surface area (Å²) in [5.41, 5.74) is 0. The van der Waals surface area contributed by atoms with Crippen LogP contribution in [0.15, 0.2) is 0 Å². The highest BCUT2D eigenvalue weighted by Crippen LogP contribution is 1.97. The van der Waals surface area contributed by atoms with Crippen LogP contribution in [-0.4, -0.2) is 20.9 Å². The largest absolute Gasteiger partial charge is 0.421 e. The molecular weight excluding hydrogens is 108 g/mol. The Morgan fingerprint density at radius 3 is 1.29 bits per heavy atom. The lowest BCUT2D eigenvalue weighted by atomic mass is 11.8. The Morgan fingerprint density at radius 1 is 1.14 bits per heavy atom. The highest BCUT2D eigenvalue weighted by atomic mass is 28.4. The molecule has 7 heavy (non-hydrogen) atoms. The highest BCUT2D eigenvalue weighted by molar-refractivity contribution is 6.69. The van der Waals surface area contributed by atoms with E-state index < -0.39 is 8.32 Å². The molecule has 0 aromatic rings. The Bertz CT molecular complexity index is 39.4. The van der Waals surface area contributed by atoms with E-state index in [2.05, 4.69) is 19.6 Å². The Hall–Kier alpha value is 0.137. The van der Waals surface area contributed by atoms with Gasteiger partial charge in [-0.1, -0.05) is 0 Å². The fraction of sp³-hybridized carbons (Fsp3) is 1.00. The summed E-state index contributed by atoms with van der Waals surface area (Å²) in [5, 5.41) is 0. The maximum atomic E-state index is 5.08. The van der Waals surface area contributed by atoms with E-state index in [1.165, 1.54) is 0 Å². The van der Waals surface area contributed by atoms with Crippen molar-refractivity contribution in [2.24, 2.45) is 0 Å². The van der Waals surface area contributed by atoms with E-state index in [9.17, 15) is 0 Å². The molecule has 0 unspecified atom stereocenters. The van der Waals surface area contributed by atoms with Gasteiger partial charge in [-0.15, -0.1) is 0 Å². The van der Waals surface area contributed by atoms with Crippen molar-refractivity contribution in [3.8, 4) is 0 Å². The van der Waals surface area contributed by atoms with Crippen LogP contribution in [0.3, 0.4) is 0 Å². The molecule has 0 aliphatic carbocycles. The van der Waals surface area contributed by atoms with E-state index in [0.29, 0.717) is 0 Å². The minimum Gasteiger partial charge on any atom is -0.421 e. The first kappa shape index (κ1) is 10.2. The van der Waals surface area contributed by atoms with E-state index in [4.69, 9.17) is 4.43 Å². The molecule has 0 fully saturated rings. The molecule has 0 saturated carbocycles. The Kier molecular flexibility index (Phi) is 4.63. The molecule has 0 aliphatic rings. The van der Waals surface area contributed by atoms with Gasteiger partial charge >= 0.3 is 0 Å².